The van der Waals surface area contributed by atoms with E-state index in [0.717, 1.165) is 11.4 Å². The summed E-state index contributed by atoms with van der Waals surface area (Å²) in [5.74, 6) is 0.869. The highest BCUT2D eigenvalue weighted by Crippen LogP contribution is 2.60. The van der Waals surface area contributed by atoms with Crippen molar-refractivity contribution in [1.82, 2.24) is 0 Å². The van der Waals surface area contributed by atoms with Crippen molar-refractivity contribution in [3.8, 4) is 5.75 Å². The summed E-state index contributed by atoms with van der Waals surface area (Å²) < 4.78 is 5.26. The number of halogens is 1. The van der Waals surface area contributed by atoms with E-state index < -0.39 is 7.26 Å². The second kappa shape index (κ2) is 14.8. The fraction of sp³-hybridized carbons (Fsp3) is 0.500. The summed E-state index contributed by atoms with van der Waals surface area (Å²) in [7, 11) is 0.514. The average molecular weight is 492 g/mol. The molecule has 0 aliphatic heterocycles. The van der Waals surface area contributed by atoms with Gasteiger partial charge in [-0.05, 0) is 55.7 Å². The summed E-state index contributed by atoms with van der Waals surface area (Å²) in [6.07, 6.45) is 14.1. The third kappa shape index (κ3) is 7.82. The number of aliphatic imine (C=N–C) groups is 1. The molecule has 0 aliphatic rings. The van der Waals surface area contributed by atoms with Gasteiger partial charge in [0.15, 0.2) is 0 Å². The summed E-state index contributed by atoms with van der Waals surface area (Å²) in [4.78, 5) is 4.80. The Morgan fingerprint density at radius 3 is 1.83 bits per heavy atom. The molecule has 0 heterocycles. The van der Waals surface area contributed by atoms with E-state index >= 15 is 0 Å². The van der Waals surface area contributed by atoms with Gasteiger partial charge >= 0.3 is 0 Å². The molecule has 0 fully saturated rings. The predicted molar refractivity (Wildman–Crippen MR) is 133 cm³/mol. The Balaban J connectivity index is 0.00000450. The highest BCUT2D eigenvalue weighted by atomic mass is 79.9. The van der Waals surface area contributed by atoms with Crippen molar-refractivity contribution in [1.29, 1.82) is 0 Å². The van der Waals surface area contributed by atoms with E-state index in [0.29, 0.717) is 0 Å². The zero-order valence-corrected chi connectivity index (χ0v) is 21.7. The number of hydrogen-bond donors (Lipinski definition) is 0. The van der Waals surface area contributed by atoms with Crippen molar-refractivity contribution in [2.75, 3.05) is 25.6 Å². The molecule has 0 aliphatic carbocycles. The molecule has 0 atom stereocenters. The number of methoxy groups -OCH3 is 1. The van der Waals surface area contributed by atoms with Crippen LogP contribution in [0.1, 0.15) is 64.9 Å². The predicted octanol–water partition coefficient (Wildman–Crippen LogP) is 4.49. The second-order valence-electron chi connectivity index (χ2n) is 7.89. The van der Waals surface area contributed by atoms with Gasteiger partial charge in [-0.15, -0.1) is 0 Å². The number of benzene rings is 2. The number of hydrogen-bond acceptors (Lipinski definition) is 2. The zero-order chi connectivity index (χ0) is 21.0. The minimum Gasteiger partial charge on any atom is -1.00 e. The first-order valence-corrected chi connectivity index (χ1v) is 13.7. The van der Waals surface area contributed by atoms with Crippen LogP contribution in [-0.4, -0.2) is 31.8 Å². The third-order valence-corrected chi connectivity index (χ3v) is 10.6. The van der Waals surface area contributed by atoms with Gasteiger partial charge in [0.05, 0.1) is 31.3 Å². The largest absolute Gasteiger partial charge is 1.00 e. The molecule has 2 nitrogen and oxygen atoms in total. The minimum atomic E-state index is -1.18. The average Bonchev–Trinajstić information content (AvgIpc) is 2.78. The van der Waals surface area contributed by atoms with Crippen molar-refractivity contribution in [2.45, 2.75) is 59.3 Å². The van der Waals surface area contributed by atoms with Crippen LogP contribution in [0.25, 0.3) is 0 Å². The van der Waals surface area contributed by atoms with Crippen LogP contribution in [0.3, 0.4) is 0 Å². The Labute approximate surface area is 195 Å². The lowest BCUT2D eigenvalue weighted by molar-refractivity contribution is -0.00000648. The number of unbranched alkanes of at least 4 members (excludes halogenated alkanes) is 3. The molecule has 30 heavy (non-hydrogen) atoms. The standard InChI is InChI=1S/C26H39NOP.BrH/c1-5-8-19-29(20-9-6-2,21-10-7-3)26-14-12-11-13-23(26)22-27-24-15-17-25(28-4)18-16-24;/h11-18,22H,5-10,19-21H2,1-4H3;1H/q+1;/p-1. The Morgan fingerprint density at radius 2 is 1.33 bits per heavy atom. The van der Waals surface area contributed by atoms with Gasteiger partial charge in [-0.25, -0.2) is 0 Å². The second-order valence-corrected chi connectivity index (χ2v) is 12.0. The van der Waals surface area contributed by atoms with Crippen LogP contribution in [0.2, 0.25) is 0 Å². The topological polar surface area (TPSA) is 21.6 Å². The lowest BCUT2D eigenvalue weighted by Gasteiger charge is -2.29. The Kier molecular flexibility index (Phi) is 13.2. The summed E-state index contributed by atoms with van der Waals surface area (Å²) in [5, 5.41) is 1.60. The van der Waals surface area contributed by atoms with Crippen molar-refractivity contribution >= 4 is 24.5 Å². The molecule has 0 amide bonds. The molecule has 2 aromatic rings. The van der Waals surface area contributed by atoms with E-state index in [1.807, 2.05) is 24.3 Å². The van der Waals surface area contributed by atoms with Crippen LogP contribution >= 0.6 is 7.26 Å². The van der Waals surface area contributed by atoms with Gasteiger partial charge in [-0.2, -0.15) is 0 Å². The van der Waals surface area contributed by atoms with Gasteiger partial charge in [0, 0.05) is 19.0 Å². The first kappa shape index (κ1) is 26.9. The Hall–Kier alpha value is -1.18. The fourth-order valence-corrected chi connectivity index (χ4v) is 9.16. The lowest BCUT2D eigenvalue weighted by atomic mass is 10.2. The van der Waals surface area contributed by atoms with E-state index in [9.17, 15) is 0 Å². The Morgan fingerprint density at radius 1 is 0.800 bits per heavy atom. The molecular weight excluding hydrogens is 453 g/mol. The number of nitrogens with zero attached hydrogens (tertiary/aromatic N) is 1. The molecule has 0 unspecified atom stereocenters. The smallest absolute Gasteiger partial charge is 0.119 e. The maximum absolute atomic E-state index is 5.26. The minimum absolute atomic E-state index is 0. The van der Waals surface area contributed by atoms with E-state index in [4.69, 9.17) is 9.73 Å². The highest BCUT2D eigenvalue weighted by molar-refractivity contribution is 7.83. The summed E-state index contributed by atoms with van der Waals surface area (Å²) in [6.45, 7) is 6.97. The van der Waals surface area contributed by atoms with Crippen LogP contribution in [0.15, 0.2) is 53.5 Å². The molecule has 0 bridgehead atoms. The Bertz CT molecular complexity index is 723. The van der Waals surface area contributed by atoms with Crippen LogP contribution in [-0.2, 0) is 0 Å². The summed E-state index contributed by atoms with van der Waals surface area (Å²) in [6, 6.07) is 17.0. The van der Waals surface area contributed by atoms with E-state index in [1.165, 1.54) is 62.6 Å². The van der Waals surface area contributed by atoms with E-state index in [2.05, 4.69) is 51.3 Å². The number of rotatable bonds is 13. The molecule has 0 saturated heterocycles. The van der Waals surface area contributed by atoms with Gasteiger partial charge < -0.3 is 21.7 Å². The fourth-order valence-electron chi connectivity index (χ4n) is 3.92. The van der Waals surface area contributed by atoms with Gasteiger partial charge in [0.2, 0.25) is 0 Å². The monoisotopic (exact) mass is 491 g/mol. The molecule has 4 heteroatoms. The van der Waals surface area contributed by atoms with Crippen LogP contribution in [0.5, 0.6) is 5.75 Å². The first-order chi connectivity index (χ1) is 14.2. The van der Waals surface area contributed by atoms with Crippen LogP contribution < -0.4 is 27.0 Å². The normalized spacial score (nSPS) is 11.5. The van der Waals surface area contributed by atoms with Gasteiger partial charge in [-0.1, -0.05) is 52.2 Å². The van der Waals surface area contributed by atoms with E-state index in [1.54, 1.807) is 12.4 Å². The van der Waals surface area contributed by atoms with Crippen molar-refractivity contribution in [2.24, 2.45) is 4.99 Å². The molecule has 2 rings (SSSR count). The maximum Gasteiger partial charge on any atom is 0.119 e. The lowest BCUT2D eigenvalue weighted by Crippen LogP contribution is -3.00. The summed E-state index contributed by atoms with van der Waals surface area (Å²) >= 11 is 0. The van der Waals surface area contributed by atoms with Gasteiger partial charge in [-0.3, -0.25) is 4.99 Å². The van der Waals surface area contributed by atoms with Crippen LogP contribution in [0.4, 0.5) is 5.69 Å². The molecule has 0 radical (unpaired) electrons. The molecular formula is C26H39BrNOP. The van der Waals surface area contributed by atoms with Gasteiger partial charge in [0.25, 0.3) is 0 Å². The van der Waals surface area contributed by atoms with Crippen molar-refractivity contribution in [3.63, 3.8) is 0 Å². The van der Waals surface area contributed by atoms with Crippen molar-refractivity contribution in [3.05, 3.63) is 54.1 Å². The third-order valence-electron chi connectivity index (χ3n) is 5.69. The van der Waals surface area contributed by atoms with E-state index in [-0.39, 0.29) is 17.0 Å². The number of ether oxygens (including phenoxy) is 1. The molecule has 0 N–H and O–H groups in total. The zero-order valence-electron chi connectivity index (χ0n) is 19.2. The summed E-state index contributed by atoms with van der Waals surface area (Å²) in [5.41, 5.74) is 2.29. The van der Waals surface area contributed by atoms with Crippen LogP contribution in [0, 0.1) is 0 Å². The van der Waals surface area contributed by atoms with Gasteiger partial charge in [0.1, 0.15) is 11.1 Å². The molecule has 0 spiro atoms. The quantitative estimate of drug-likeness (QED) is 0.298. The molecule has 2 aromatic carbocycles. The molecule has 166 valence electrons. The SMILES string of the molecule is CCCC[P+](CCCC)(CCCC)c1ccccc1C=Nc1ccc(OC)cc1.[Br-]. The maximum atomic E-state index is 5.26. The first-order valence-electron chi connectivity index (χ1n) is 11.3. The van der Waals surface area contributed by atoms with Crippen molar-refractivity contribution < 1.29 is 21.7 Å². The molecule has 0 aromatic heterocycles. The molecule has 0 saturated carbocycles. The highest BCUT2D eigenvalue weighted by Gasteiger charge is 2.39.